The second-order valence-corrected chi connectivity index (χ2v) is 11.1. The van der Waals surface area contributed by atoms with E-state index in [0.29, 0.717) is 6.54 Å². The lowest BCUT2D eigenvalue weighted by molar-refractivity contribution is -0.152. The molecule has 0 fully saturated rings. The summed E-state index contributed by atoms with van der Waals surface area (Å²) in [6.07, 6.45) is 2.98. The number of ether oxygens (including phenoxy) is 2. The maximum absolute atomic E-state index is 13.8. The lowest BCUT2D eigenvalue weighted by Crippen LogP contribution is -2.50. The first-order valence-electron chi connectivity index (χ1n) is 13.8. The van der Waals surface area contributed by atoms with Gasteiger partial charge in [0.2, 0.25) is 18.0 Å². The van der Waals surface area contributed by atoms with E-state index in [4.69, 9.17) is 15.2 Å². The molecule has 3 aromatic rings. The van der Waals surface area contributed by atoms with Crippen molar-refractivity contribution in [1.82, 2.24) is 14.7 Å². The minimum Gasteiger partial charge on any atom is -0.451 e. The Balaban J connectivity index is 1.62. The number of hydrogen-bond donors (Lipinski definition) is 1. The van der Waals surface area contributed by atoms with Gasteiger partial charge in [0.15, 0.2) is 5.69 Å². The van der Waals surface area contributed by atoms with E-state index < -0.39 is 24.2 Å². The summed E-state index contributed by atoms with van der Waals surface area (Å²) in [5, 5.41) is 4.50. The minimum atomic E-state index is -0.825. The summed E-state index contributed by atoms with van der Waals surface area (Å²) in [4.78, 5) is 40.9. The van der Waals surface area contributed by atoms with Gasteiger partial charge in [-0.2, -0.15) is 5.10 Å². The Morgan fingerprint density at radius 2 is 1.60 bits per heavy atom. The molecular weight excluding hydrogens is 508 g/mol. The van der Waals surface area contributed by atoms with Gasteiger partial charge >= 0.3 is 5.97 Å². The molecule has 5 rings (SSSR count). The van der Waals surface area contributed by atoms with Crippen molar-refractivity contribution in [3.8, 4) is 5.75 Å². The summed E-state index contributed by atoms with van der Waals surface area (Å²) in [7, 11) is 0. The van der Waals surface area contributed by atoms with Crippen LogP contribution in [0.3, 0.4) is 0 Å². The fourth-order valence-corrected chi connectivity index (χ4v) is 5.72. The first kappa shape index (κ1) is 27.6. The number of esters is 1. The van der Waals surface area contributed by atoms with Gasteiger partial charge in [-0.15, -0.1) is 0 Å². The Kier molecular flexibility index (Phi) is 7.76. The predicted molar refractivity (Wildman–Crippen MR) is 150 cm³/mol. The highest BCUT2D eigenvalue weighted by molar-refractivity contribution is 5.96. The standard InChI is InChI=1S/C31H36N4O5/c1-18(2)27(32)31(38)40-17-39-29-25(36)15-33-35-24(16-34(19(3)4)30(37)28(29)35)26-22-11-7-5-9-20(22)13-14-21-10-6-8-12-23(21)26/h5-12,15,18-19,24,26-27H,13-14,16-17,32H2,1-4H3/t24-,27-/m1/s1. The Morgan fingerprint density at radius 3 is 2.17 bits per heavy atom. The number of nitrogens with two attached hydrogens (primary N) is 1. The zero-order valence-corrected chi connectivity index (χ0v) is 23.4. The Labute approximate surface area is 233 Å². The molecule has 0 radical (unpaired) electrons. The van der Waals surface area contributed by atoms with E-state index >= 15 is 0 Å². The molecule has 2 N–H and O–H groups in total. The number of hydrogen-bond acceptors (Lipinski definition) is 7. The molecule has 0 unspecified atom stereocenters. The second kappa shape index (κ2) is 11.3. The van der Waals surface area contributed by atoms with Crippen LogP contribution >= 0.6 is 0 Å². The fraction of sp³-hybridized carbons (Fsp3) is 0.419. The molecule has 2 heterocycles. The molecule has 1 aromatic heterocycles. The number of amides is 1. The predicted octanol–water partition coefficient (Wildman–Crippen LogP) is 3.44. The average Bonchev–Trinajstić information content (AvgIpc) is 3.10. The van der Waals surface area contributed by atoms with Crippen molar-refractivity contribution >= 4 is 11.9 Å². The summed E-state index contributed by atoms with van der Waals surface area (Å²) in [5.41, 5.74) is 10.2. The van der Waals surface area contributed by atoms with Gasteiger partial charge in [0.25, 0.3) is 5.91 Å². The van der Waals surface area contributed by atoms with Crippen LogP contribution in [0.25, 0.3) is 0 Å². The maximum Gasteiger partial charge on any atom is 0.326 e. The van der Waals surface area contributed by atoms with Crippen LogP contribution in [0, 0.1) is 5.92 Å². The first-order valence-corrected chi connectivity index (χ1v) is 13.8. The lowest BCUT2D eigenvalue weighted by atomic mass is 9.81. The number of rotatable bonds is 7. The van der Waals surface area contributed by atoms with Gasteiger partial charge in [-0.25, -0.2) is 0 Å². The molecule has 9 heteroatoms. The monoisotopic (exact) mass is 544 g/mol. The zero-order valence-electron chi connectivity index (χ0n) is 23.4. The van der Waals surface area contributed by atoms with Crippen LogP contribution in [0.4, 0.5) is 0 Å². The van der Waals surface area contributed by atoms with Gasteiger partial charge in [-0.3, -0.25) is 19.1 Å². The number of fused-ring (bicyclic) bond motifs is 3. The maximum atomic E-state index is 13.8. The van der Waals surface area contributed by atoms with Crippen molar-refractivity contribution in [2.24, 2.45) is 11.7 Å². The lowest BCUT2D eigenvalue weighted by Gasteiger charge is -2.41. The third-order valence-electron chi connectivity index (χ3n) is 7.98. The normalized spacial score (nSPS) is 17.6. The Hall–Kier alpha value is -3.98. The molecule has 1 amide bonds. The first-order chi connectivity index (χ1) is 19.2. The van der Waals surface area contributed by atoms with Gasteiger partial charge in [0, 0.05) is 18.5 Å². The number of benzene rings is 2. The van der Waals surface area contributed by atoms with E-state index in [0.717, 1.165) is 12.8 Å². The molecule has 2 atom stereocenters. The Bertz CT molecular complexity index is 1430. The number of carbonyl (C=O) groups excluding carboxylic acids is 2. The summed E-state index contributed by atoms with van der Waals surface area (Å²) < 4.78 is 12.6. The van der Waals surface area contributed by atoms with Crippen molar-refractivity contribution < 1.29 is 19.1 Å². The van der Waals surface area contributed by atoms with Crippen molar-refractivity contribution in [2.45, 2.75) is 64.6 Å². The number of carbonyl (C=O) groups is 2. The fourth-order valence-electron chi connectivity index (χ4n) is 5.72. The molecule has 40 heavy (non-hydrogen) atoms. The largest absolute Gasteiger partial charge is 0.451 e. The van der Waals surface area contributed by atoms with Crippen LogP contribution in [0.5, 0.6) is 5.75 Å². The van der Waals surface area contributed by atoms with Gasteiger partial charge in [-0.05, 0) is 54.9 Å². The Morgan fingerprint density at radius 1 is 1.00 bits per heavy atom. The third kappa shape index (κ3) is 5.01. The summed E-state index contributed by atoms with van der Waals surface area (Å²) in [6, 6.07) is 15.5. The van der Waals surface area contributed by atoms with Gasteiger partial charge in [-0.1, -0.05) is 62.4 Å². The van der Waals surface area contributed by atoms with E-state index in [1.807, 2.05) is 39.8 Å². The molecule has 2 aromatic carbocycles. The molecule has 0 saturated heterocycles. The molecule has 2 aliphatic rings. The van der Waals surface area contributed by atoms with E-state index in [2.05, 4.69) is 41.5 Å². The van der Waals surface area contributed by atoms with Gasteiger partial charge in [0.1, 0.15) is 6.04 Å². The quantitative estimate of drug-likeness (QED) is 0.358. The minimum absolute atomic E-state index is 0.0564. The van der Waals surface area contributed by atoms with Crippen LogP contribution in [0.15, 0.2) is 59.5 Å². The number of aryl methyl sites for hydroxylation is 2. The van der Waals surface area contributed by atoms with Crippen LogP contribution in [-0.2, 0) is 22.4 Å². The number of nitrogens with zero attached hydrogens (tertiary/aromatic N) is 3. The van der Waals surface area contributed by atoms with Crippen LogP contribution in [-0.4, -0.2) is 52.0 Å². The van der Waals surface area contributed by atoms with E-state index in [9.17, 15) is 14.4 Å². The third-order valence-corrected chi connectivity index (χ3v) is 7.98. The van der Waals surface area contributed by atoms with Crippen LogP contribution < -0.4 is 15.9 Å². The highest BCUT2D eigenvalue weighted by Gasteiger charge is 2.42. The van der Waals surface area contributed by atoms with Gasteiger partial charge < -0.3 is 20.1 Å². The van der Waals surface area contributed by atoms with Crippen molar-refractivity contribution in [3.63, 3.8) is 0 Å². The van der Waals surface area contributed by atoms with Crippen molar-refractivity contribution in [3.05, 3.63) is 92.9 Å². The molecule has 0 spiro atoms. The number of aromatic nitrogens is 2. The molecule has 0 saturated carbocycles. The summed E-state index contributed by atoms with van der Waals surface area (Å²) in [6.45, 7) is 7.38. The molecule has 9 nitrogen and oxygen atoms in total. The van der Waals surface area contributed by atoms with Crippen LogP contribution in [0.1, 0.15) is 72.4 Å². The van der Waals surface area contributed by atoms with Crippen molar-refractivity contribution in [1.29, 1.82) is 0 Å². The smallest absolute Gasteiger partial charge is 0.326 e. The van der Waals surface area contributed by atoms with E-state index in [1.165, 1.54) is 28.5 Å². The van der Waals surface area contributed by atoms with E-state index in [1.54, 1.807) is 9.58 Å². The summed E-state index contributed by atoms with van der Waals surface area (Å²) >= 11 is 0. The van der Waals surface area contributed by atoms with E-state index in [-0.39, 0.29) is 41.3 Å². The molecule has 210 valence electrons. The zero-order chi connectivity index (χ0) is 28.6. The molecule has 1 aliphatic carbocycles. The topological polar surface area (TPSA) is 117 Å². The van der Waals surface area contributed by atoms with Gasteiger partial charge in [0.05, 0.1) is 12.2 Å². The van der Waals surface area contributed by atoms with Crippen molar-refractivity contribution in [2.75, 3.05) is 13.3 Å². The average molecular weight is 545 g/mol. The second-order valence-electron chi connectivity index (χ2n) is 11.1. The van der Waals surface area contributed by atoms with Crippen LogP contribution in [0.2, 0.25) is 0 Å². The summed E-state index contributed by atoms with van der Waals surface area (Å²) in [5.74, 6) is -1.42. The SMILES string of the molecule is CC(C)[C@@H](N)C(=O)OCOc1c2n(ncc1=O)[C@@H](C1c3ccccc3CCc3ccccc31)CN(C(C)C)C2=O. The highest BCUT2D eigenvalue weighted by Crippen LogP contribution is 2.44. The molecule has 1 aliphatic heterocycles. The molecular formula is C31H36N4O5. The molecule has 0 bridgehead atoms. The highest BCUT2D eigenvalue weighted by atomic mass is 16.7.